The molecule has 5 heteroatoms. The summed E-state index contributed by atoms with van der Waals surface area (Å²) >= 11 is 0. The molecule has 1 rings (SSSR count). The topological polar surface area (TPSA) is 101 Å². The van der Waals surface area contributed by atoms with Crippen LogP contribution in [0.1, 0.15) is 22.3 Å². The molecule has 80 valence electrons. The summed E-state index contributed by atoms with van der Waals surface area (Å²) in [5, 5.41) is 3.56. The molecule has 0 aliphatic carbocycles. The lowest BCUT2D eigenvalue weighted by molar-refractivity contribution is 0.973. The highest BCUT2D eigenvalue weighted by Crippen LogP contribution is 2.24. The average molecular weight is 205 g/mol. The van der Waals surface area contributed by atoms with Crippen LogP contribution in [0.3, 0.4) is 0 Å². The van der Waals surface area contributed by atoms with Crippen LogP contribution in [0.5, 0.6) is 0 Å². The third kappa shape index (κ3) is 2.21. The van der Waals surface area contributed by atoms with Crippen molar-refractivity contribution in [2.24, 2.45) is 10.8 Å². The molecule has 1 aromatic rings. The van der Waals surface area contributed by atoms with Crippen molar-refractivity contribution in [3.05, 3.63) is 38.8 Å². The summed E-state index contributed by atoms with van der Waals surface area (Å²) in [5.41, 5.74) is 24.5. The van der Waals surface area contributed by atoms with Gasteiger partial charge in [0.2, 0.25) is 0 Å². The number of rotatable bonds is 3. The lowest BCUT2D eigenvalue weighted by Crippen LogP contribution is -2.06. The zero-order chi connectivity index (χ0) is 11.4. The Labute approximate surface area is 88.7 Å². The Morgan fingerprint density at radius 1 is 1.40 bits per heavy atom. The van der Waals surface area contributed by atoms with Crippen molar-refractivity contribution in [1.82, 2.24) is 0 Å². The number of benzene rings is 1. The smallest absolute Gasteiger partial charge is 0.0516 e. The normalized spacial score (nSPS) is 9.80. The summed E-state index contributed by atoms with van der Waals surface area (Å²) in [6, 6.07) is 1.88. The van der Waals surface area contributed by atoms with Gasteiger partial charge in [0, 0.05) is 17.1 Å². The minimum absolute atomic E-state index is 0.326. The molecule has 0 fully saturated rings. The number of nitrogens with zero attached hydrogens (tertiary/aromatic N) is 3. The highest BCUT2D eigenvalue weighted by Gasteiger charge is 2.09. The zero-order valence-electron chi connectivity index (χ0n) is 8.99. The lowest BCUT2D eigenvalue weighted by Gasteiger charge is -2.14. The molecule has 0 saturated heterocycles. The largest absolute Gasteiger partial charge is 0.398 e. The van der Waals surface area contributed by atoms with E-state index in [1.165, 1.54) is 0 Å². The Balaban J connectivity index is 3.32. The van der Waals surface area contributed by atoms with E-state index in [1.807, 2.05) is 19.9 Å². The monoisotopic (exact) mass is 205 g/mol. The van der Waals surface area contributed by atoms with E-state index in [9.17, 15) is 0 Å². The standard InChI is InChI=1S/C10H15N5/c1-6-8(4-11)3-10(12)7(2)9(6)5-14-15-13/h3H,4-5,11-12H2,1-2H3. The maximum atomic E-state index is 8.31. The Morgan fingerprint density at radius 2 is 2.07 bits per heavy atom. The predicted octanol–water partition coefficient (Wildman–Crippen LogP) is 2.15. The number of hydrogen-bond donors (Lipinski definition) is 2. The van der Waals surface area contributed by atoms with Gasteiger partial charge in [0.15, 0.2) is 0 Å². The molecule has 1 aromatic carbocycles. The van der Waals surface area contributed by atoms with Crippen LogP contribution in [0.2, 0.25) is 0 Å². The van der Waals surface area contributed by atoms with Crippen molar-refractivity contribution in [3.63, 3.8) is 0 Å². The lowest BCUT2D eigenvalue weighted by atomic mass is 9.96. The SMILES string of the molecule is Cc1c(N)cc(CN)c(C)c1CN=[N+]=[N-]. The molecule has 0 radical (unpaired) electrons. The molecule has 0 bridgehead atoms. The van der Waals surface area contributed by atoms with Crippen molar-refractivity contribution in [2.45, 2.75) is 26.9 Å². The molecule has 0 aliphatic rings. The van der Waals surface area contributed by atoms with Crippen molar-refractivity contribution in [3.8, 4) is 0 Å². The highest BCUT2D eigenvalue weighted by atomic mass is 15.1. The average Bonchev–Trinajstić information content (AvgIpc) is 2.23. The fourth-order valence-corrected chi connectivity index (χ4v) is 1.61. The quantitative estimate of drug-likeness (QED) is 0.342. The van der Waals surface area contributed by atoms with Gasteiger partial charge in [0.25, 0.3) is 0 Å². The van der Waals surface area contributed by atoms with Crippen LogP contribution in [-0.2, 0) is 13.1 Å². The van der Waals surface area contributed by atoms with Gasteiger partial charge in [-0.25, -0.2) is 0 Å². The molecule has 0 atom stereocenters. The van der Waals surface area contributed by atoms with Crippen LogP contribution in [0.25, 0.3) is 10.4 Å². The molecule has 5 nitrogen and oxygen atoms in total. The molecular formula is C10H15N5. The first-order valence-corrected chi connectivity index (χ1v) is 4.70. The molecular weight excluding hydrogens is 190 g/mol. The van der Waals surface area contributed by atoms with E-state index in [2.05, 4.69) is 10.0 Å². The third-order valence-electron chi connectivity index (χ3n) is 2.66. The molecule has 0 aliphatic heterocycles. The Morgan fingerprint density at radius 3 is 2.60 bits per heavy atom. The molecule has 0 unspecified atom stereocenters. The van der Waals surface area contributed by atoms with Crippen LogP contribution in [0.15, 0.2) is 11.2 Å². The first-order valence-electron chi connectivity index (χ1n) is 4.70. The zero-order valence-corrected chi connectivity index (χ0v) is 8.99. The molecule has 0 saturated carbocycles. The van der Waals surface area contributed by atoms with Crippen molar-refractivity contribution in [1.29, 1.82) is 0 Å². The molecule has 0 amide bonds. The van der Waals surface area contributed by atoms with E-state index >= 15 is 0 Å². The summed E-state index contributed by atoms with van der Waals surface area (Å²) in [7, 11) is 0. The van der Waals surface area contributed by atoms with Gasteiger partial charge in [-0.05, 0) is 47.7 Å². The molecule has 15 heavy (non-hydrogen) atoms. The fraction of sp³-hybridized carbons (Fsp3) is 0.400. The molecule has 4 N–H and O–H groups in total. The second-order valence-electron chi connectivity index (χ2n) is 3.45. The van der Waals surface area contributed by atoms with E-state index in [1.54, 1.807) is 0 Å². The minimum atomic E-state index is 0.326. The molecule has 0 spiro atoms. The van der Waals surface area contributed by atoms with Gasteiger partial charge in [-0.2, -0.15) is 0 Å². The summed E-state index contributed by atoms with van der Waals surface area (Å²) in [5.74, 6) is 0. The minimum Gasteiger partial charge on any atom is -0.398 e. The third-order valence-corrected chi connectivity index (χ3v) is 2.66. The summed E-state index contributed by atoms with van der Waals surface area (Å²) in [6.45, 7) is 4.66. The molecule has 0 aromatic heterocycles. The summed E-state index contributed by atoms with van der Waals surface area (Å²) in [4.78, 5) is 2.75. The van der Waals surface area contributed by atoms with E-state index in [-0.39, 0.29) is 0 Å². The summed E-state index contributed by atoms with van der Waals surface area (Å²) < 4.78 is 0. The first-order chi connectivity index (χ1) is 7.11. The van der Waals surface area contributed by atoms with Crippen LogP contribution < -0.4 is 11.5 Å². The Hall–Kier alpha value is -1.71. The number of hydrogen-bond acceptors (Lipinski definition) is 3. The second kappa shape index (κ2) is 4.68. The molecule has 0 heterocycles. The highest BCUT2D eigenvalue weighted by molar-refractivity contribution is 5.56. The maximum absolute atomic E-state index is 8.31. The number of nitrogens with two attached hydrogens (primary N) is 2. The van der Waals surface area contributed by atoms with Crippen LogP contribution in [-0.4, -0.2) is 0 Å². The van der Waals surface area contributed by atoms with E-state index in [0.29, 0.717) is 18.8 Å². The number of anilines is 1. The number of nitrogen functional groups attached to an aromatic ring is 1. The van der Waals surface area contributed by atoms with E-state index < -0.39 is 0 Å². The van der Waals surface area contributed by atoms with Gasteiger partial charge in [-0.15, -0.1) is 0 Å². The van der Waals surface area contributed by atoms with Crippen LogP contribution in [0, 0.1) is 13.8 Å². The van der Waals surface area contributed by atoms with Crippen molar-refractivity contribution in [2.75, 3.05) is 5.73 Å². The van der Waals surface area contributed by atoms with Gasteiger partial charge in [0.1, 0.15) is 0 Å². The Bertz CT molecular complexity index is 418. The fourth-order valence-electron chi connectivity index (χ4n) is 1.61. The van der Waals surface area contributed by atoms with Crippen LogP contribution >= 0.6 is 0 Å². The van der Waals surface area contributed by atoms with Crippen molar-refractivity contribution < 1.29 is 0 Å². The predicted molar refractivity (Wildman–Crippen MR) is 61.1 cm³/mol. The second-order valence-corrected chi connectivity index (χ2v) is 3.45. The summed E-state index contributed by atoms with van der Waals surface area (Å²) in [6.07, 6.45) is 0. The Kier molecular flexibility index (Phi) is 3.55. The maximum Gasteiger partial charge on any atom is 0.0516 e. The van der Waals surface area contributed by atoms with Gasteiger partial charge in [-0.3, -0.25) is 0 Å². The van der Waals surface area contributed by atoms with Gasteiger partial charge >= 0.3 is 0 Å². The van der Waals surface area contributed by atoms with Crippen molar-refractivity contribution >= 4 is 5.69 Å². The van der Waals surface area contributed by atoms with Gasteiger partial charge < -0.3 is 11.5 Å². The first kappa shape index (κ1) is 11.4. The van der Waals surface area contributed by atoms with Crippen LogP contribution in [0.4, 0.5) is 5.69 Å². The van der Waals surface area contributed by atoms with Gasteiger partial charge in [-0.1, -0.05) is 5.11 Å². The van der Waals surface area contributed by atoms with E-state index in [0.717, 1.165) is 22.3 Å². The number of azide groups is 1. The van der Waals surface area contributed by atoms with Gasteiger partial charge in [0.05, 0.1) is 6.54 Å². The van der Waals surface area contributed by atoms with E-state index in [4.69, 9.17) is 17.0 Å².